The molecule has 1 N–H and O–H groups in total. The van der Waals surface area contributed by atoms with Gasteiger partial charge in [0.15, 0.2) is 5.92 Å². The number of aromatic hydroxyl groups is 1. The van der Waals surface area contributed by atoms with Crippen LogP contribution in [0.15, 0.2) is 48.5 Å². The van der Waals surface area contributed by atoms with Crippen LogP contribution < -0.4 is 4.90 Å². The van der Waals surface area contributed by atoms with E-state index in [4.69, 9.17) is 14.5 Å². The molecule has 1 aliphatic rings. The lowest BCUT2D eigenvalue weighted by molar-refractivity contribution is -0.153. The minimum atomic E-state index is -1.10. The van der Waals surface area contributed by atoms with Gasteiger partial charge >= 0.3 is 5.97 Å². The highest BCUT2D eigenvalue weighted by Crippen LogP contribution is 2.41. The van der Waals surface area contributed by atoms with Gasteiger partial charge in [-0.2, -0.15) is 0 Å². The maximum absolute atomic E-state index is 13.6. The summed E-state index contributed by atoms with van der Waals surface area (Å²) in [5.74, 6) is -1.54. The number of imidazole rings is 1. The highest BCUT2D eigenvalue weighted by molar-refractivity contribution is 6.08. The number of carbonyl (C=O) groups excluding carboxylic acids is 2. The van der Waals surface area contributed by atoms with Crippen molar-refractivity contribution in [3.63, 3.8) is 0 Å². The Kier molecular flexibility index (Phi) is 5.90. The minimum Gasteiger partial charge on any atom is -0.508 e. The SMILES string of the molecule is CCOC(=O)[C@@H]1C(=O)N(CCCOC)c2nc3ccccc3n2[C@@H]1c1cccc(O)c1. The second kappa shape index (κ2) is 8.77. The number of anilines is 1. The van der Waals surface area contributed by atoms with Crippen LogP contribution >= 0.6 is 0 Å². The van der Waals surface area contributed by atoms with Crippen molar-refractivity contribution in [2.45, 2.75) is 19.4 Å². The van der Waals surface area contributed by atoms with Gasteiger partial charge in [0, 0.05) is 20.3 Å². The number of benzene rings is 2. The second-order valence-electron chi connectivity index (χ2n) is 7.38. The fraction of sp³-hybridized carbons (Fsp3) is 0.348. The normalized spacial score (nSPS) is 18.3. The lowest BCUT2D eigenvalue weighted by atomic mass is 9.89. The molecule has 162 valence electrons. The van der Waals surface area contributed by atoms with Crippen LogP contribution in [0.3, 0.4) is 0 Å². The maximum atomic E-state index is 13.6. The molecule has 1 aromatic heterocycles. The molecular formula is C23H25N3O5. The Morgan fingerprint density at radius 3 is 2.74 bits per heavy atom. The van der Waals surface area contributed by atoms with Gasteiger partial charge in [0.25, 0.3) is 0 Å². The molecule has 2 heterocycles. The Balaban J connectivity index is 1.94. The Bertz CT molecular complexity index is 1110. The zero-order chi connectivity index (χ0) is 22.0. The summed E-state index contributed by atoms with van der Waals surface area (Å²) in [5, 5.41) is 10.1. The van der Waals surface area contributed by atoms with Gasteiger partial charge in [-0.05, 0) is 43.2 Å². The van der Waals surface area contributed by atoms with Crippen molar-refractivity contribution in [1.29, 1.82) is 0 Å². The van der Waals surface area contributed by atoms with E-state index in [2.05, 4.69) is 0 Å². The monoisotopic (exact) mass is 423 g/mol. The summed E-state index contributed by atoms with van der Waals surface area (Å²) in [6, 6.07) is 13.5. The topological polar surface area (TPSA) is 93.9 Å². The predicted molar refractivity (Wildman–Crippen MR) is 115 cm³/mol. The number of phenols is 1. The number of methoxy groups -OCH3 is 1. The number of aromatic nitrogens is 2. The molecule has 0 unspecified atom stereocenters. The van der Waals surface area contributed by atoms with E-state index in [9.17, 15) is 14.7 Å². The summed E-state index contributed by atoms with van der Waals surface area (Å²) in [5.41, 5.74) is 2.15. The van der Waals surface area contributed by atoms with Crippen molar-refractivity contribution in [3.05, 3.63) is 54.1 Å². The first-order valence-corrected chi connectivity index (χ1v) is 10.3. The van der Waals surface area contributed by atoms with E-state index in [1.165, 1.54) is 0 Å². The summed E-state index contributed by atoms with van der Waals surface area (Å²) in [7, 11) is 1.60. The van der Waals surface area contributed by atoms with E-state index in [1.54, 1.807) is 43.2 Å². The summed E-state index contributed by atoms with van der Waals surface area (Å²) >= 11 is 0. The van der Waals surface area contributed by atoms with Crippen LogP contribution in [-0.4, -0.2) is 53.4 Å². The van der Waals surface area contributed by atoms with Gasteiger partial charge in [-0.15, -0.1) is 0 Å². The van der Waals surface area contributed by atoms with Gasteiger partial charge in [-0.3, -0.25) is 14.5 Å². The van der Waals surface area contributed by atoms with Crippen molar-refractivity contribution in [3.8, 4) is 5.75 Å². The number of fused-ring (bicyclic) bond motifs is 3. The van der Waals surface area contributed by atoms with E-state index in [0.717, 1.165) is 11.0 Å². The van der Waals surface area contributed by atoms with Gasteiger partial charge in [0.2, 0.25) is 11.9 Å². The molecule has 8 nitrogen and oxygen atoms in total. The summed E-state index contributed by atoms with van der Waals surface area (Å²) in [6.07, 6.45) is 0.595. The van der Waals surface area contributed by atoms with E-state index in [0.29, 0.717) is 31.1 Å². The smallest absolute Gasteiger partial charge is 0.321 e. The van der Waals surface area contributed by atoms with Gasteiger partial charge < -0.3 is 19.1 Å². The highest BCUT2D eigenvalue weighted by atomic mass is 16.5. The van der Waals surface area contributed by atoms with Gasteiger partial charge in [-0.1, -0.05) is 24.3 Å². The average Bonchev–Trinajstić information content (AvgIpc) is 3.14. The Labute approximate surface area is 180 Å². The molecule has 0 bridgehead atoms. The first-order chi connectivity index (χ1) is 15.1. The number of hydrogen-bond acceptors (Lipinski definition) is 6. The highest BCUT2D eigenvalue weighted by Gasteiger charge is 2.47. The largest absolute Gasteiger partial charge is 0.508 e. The summed E-state index contributed by atoms with van der Waals surface area (Å²) in [4.78, 5) is 32.9. The number of phenolic OH excluding ortho intramolecular Hbond substituents is 1. The standard InChI is InChI=1S/C23H25N3O5/c1-3-31-22(29)19-20(15-8-6-9-16(27)14-15)26-18-11-5-4-10-17(18)24-23(26)25(21(19)28)12-7-13-30-2/h4-6,8-11,14,19-20,27H,3,7,12-13H2,1-2H3/t19-,20+/m0/s1. The molecule has 2 atom stereocenters. The molecule has 0 radical (unpaired) electrons. The lowest BCUT2D eigenvalue weighted by Crippen LogP contribution is -2.50. The van der Waals surface area contributed by atoms with Gasteiger partial charge in [0.1, 0.15) is 5.75 Å². The molecule has 1 amide bonds. The molecule has 31 heavy (non-hydrogen) atoms. The van der Waals surface area contributed by atoms with E-state index in [-0.39, 0.29) is 18.3 Å². The molecule has 2 aromatic carbocycles. The third kappa shape index (κ3) is 3.74. The first-order valence-electron chi connectivity index (χ1n) is 10.3. The number of rotatable bonds is 7. The fourth-order valence-electron chi connectivity index (χ4n) is 4.14. The third-order valence-electron chi connectivity index (χ3n) is 5.43. The van der Waals surface area contributed by atoms with Gasteiger partial charge in [0.05, 0.1) is 23.7 Å². The predicted octanol–water partition coefficient (Wildman–Crippen LogP) is 2.89. The van der Waals surface area contributed by atoms with Crippen LogP contribution in [0, 0.1) is 5.92 Å². The van der Waals surface area contributed by atoms with E-state index in [1.807, 2.05) is 28.8 Å². The number of nitrogens with zero attached hydrogens (tertiary/aromatic N) is 3. The number of hydrogen-bond donors (Lipinski definition) is 1. The van der Waals surface area contributed by atoms with Crippen molar-refractivity contribution >= 4 is 28.9 Å². The molecule has 0 fully saturated rings. The molecule has 1 aliphatic heterocycles. The molecule has 0 aliphatic carbocycles. The maximum Gasteiger partial charge on any atom is 0.321 e. The second-order valence-corrected chi connectivity index (χ2v) is 7.38. The fourth-order valence-corrected chi connectivity index (χ4v) is 4.14. The quantitative estimate of drug-likeness (QED) is 0.357. The molecule has 0 saturated carbocycles. The number of para-hydroxylation sites is 2. The molecule has 8 heteroatoms. The van der Waals surface area contributed by atoms with Crippen molar-refractivity contribution < 1.29 is 24.2 Å². The van der Waals surface area contributed by atoms with Crippen molar-refractivity contribution in [2.24, 2.45) is 5.92 Å². The van der Waals surface area contributed by atoms with E-state index >= 15 is 0 Å². The van der Waals surface area contributed by atoms with E-state index < -0.39 is 17.9 Å². The molecular weight excluding hydrogens is 398 g/mol. The average molecular weight is 423 g/mol. The number of amides is 1. The Morgan fingerprint density at radius 1 is 1.19 bits per heavy atom. The van der Waals surface area contributed by atoms with Crippen LogP contribution in [-0.2, 0) is 19.1 Å². The molecule has 0 spiro atoms. The number of carbonyl (C=O) groups is 2. The zero-order valence-corrected chi connectivity index (χ0v) is 17.5. The zero-order valence-electron chi connectivity index (χ0n) is 17.5. The van der Waals surface area contributed by atoms with Crippen molar-refractivity contribution in [2.75, 3.05) is 31.8 Å². The molecule has 3 aromatic rings. The van der Waals surface area contributed by atoms with Crippen LogP contribution in [0.5, 0.6) is 5.75 Å². The third-order valence-corrected chi connectivity index (χ3v) is 5.43. The minimum absolute atomic E-state index is 0.0565. The summed E-state index contributed by atoms with van der Waals surface area (Å²) in [6.45, 7) is 2.71. The first kappa shape index (κ1) is 20.9. The molecule has 0 saturated heterocycles. The Morgan fingerprint density at radius 2 is 2.00 bits per heavy atom. The number of esters is 1. The van der Waals surface area contributed by atoms with Crippen molar-refractivity contribution in [1.82, 2.24) is 9.55 Å². The van der Waals surface area contributed by atoms with Crippen LogP contribution in [0.2, 0.25) is 0 Å². The summed E-state index contributed by atoms with van der Waals surface area (Å²) < 4.78 is 12.4. The molecule has 4 rings (SSSR count). The van der Waals surface area contributed by atoms with Crippen LogP contribution in [0.1, 0.15) is 24.9 Å². The van der Waals surface area contributed by atoms with Gasteiger partial charge in [-0.25, -0.2) is 4.98 Å². The number of ether oxygens (including phenoxy) is 2. The van der Waals surface area contributed by atoms with Crippen LogP contribution in [0.25, 0.3) is 11.0 Å². The Hall–Kier alpha value is -3.39. The van der Waals surface area contributed by atoms with Crippen LogP contribution in [0.4, 0.5) is 5.95 Å². The lowest BCUT2D eigenvalue weighted by Gasteiger charge is -2.38.